The van der Waals surface area contributed by atoms with Crippen LogP contribution in [0, 0.1) is 27.7 Å². The molecule has 0 radical (unpaired) electrons. The summed E-state index contributed by atoms with van der Waals surface area (Å²) < 4.78 is 5.95. The second-order valence-corrected chi connectivity index (χ2v) is 5.29. The van der Waals surface area contributed by atoms with Gasteiger partial charge in [0.15, 0.2) is 5.43 Å². The normalized spacial score (nSPS) is 11.4. The molecule has 0 bridgehead atoms. The first-order valence-corrected chi connectivity index (χ1v) is 6.42. The molecule has 0 saturated carbocycles. The van der Waals surface area contributed by atoms with Crippen molar-refractivity contribution >= 4 is 11.0 Å². The molecule has 1 aromatic carbocycles. The highest BCUT2D eigenvalue weighted by molar-refractivity contribution is 5.85. The molecule has 96 valence electrons. The second kappa shape index (κ2) is 3.95. The van der Waals surface area contributed by atoms with Crippen molar-refractivity contribution in [2.45, 2.75) is 27.7 Å². The van der Waals surface area contributed by atoms with Crippen molar-refractivity contribution in [2.75, 3.05) is 0 Å². The van der Waals surface area contributed by atoms with E-state index in [9.17, 15) is 4.79 Å². The first-order valence-electron chi connectivity index (χ1n) is 6.42. The van der Waals surface area contributed by atoms with Crippen molar-refractivity contribution in [3.8, 4) is 11.3 Å². The van der Waals surface area contributed by atoms with Crippen LogP contribution in [0.2, 0.25) is 0 Å². The Hall–Kier alpha value is -2.09. The lowest BCUT2D eigenvalue weighted by Gasteiger charge is -2.12. The van der Waals surface area contributed by atoms with E-state index >= 15 is 0 Å². The van der Waals surface area contributed by atoms with E-state index in [1.54, 1.807) is 0 Å². The van der Waals surface area contributed by atoms with Crippen molar-refractivity contribution in [1.29, 1.82) is 0 Å². The van der Waals surface area contributed by atoms with Gasteiger partial charge in [0.1, 0.15) is 11.3 Å². The molecule has 0 amide bonds. The van der Waals surface area contributed by atoms with Crippen LogP contribution in [-0.4, -0.2) is 0 Å². The third-order valence-electron chi connectivity index (χ3n) is 3.82. The smallest absolute Gasteiger partial charge is 0.188 e. The van der Waals surface area contributed by atoms with Crippen molar-refractivity contribution in [1.82, 2.24) is 0 Å². The predicted octanol–water partition coefficient (Wildman–Crippen LogP) is 4.13. The SMILES string of the molecule is Cc1cc2cc3cc(C)c(=O)c(C)c-3oc2cc1C. The fourth-order valence-electron chi connectivity index (χ4n) is 2.51. The summed E-state index contributed by atoms with van der Waals surface area (Å²) >= 11 is 0. The van der Waals surface area contributed by atoms with Crippen molar-refractivity contribution in [2.24, 2.45) is 0 Å². The van der Waals surface area contributed by atoms with Crippen LogP contribution in [0.4, 0.5) is 0 Å². The van der Waals surface area contributed by atoms with E-state index in [4.69, 9.17) is 4.42 Å². The van der Waals surface area contributed by atoms with Crippen LogP contribution in [0.5, 0.6) is 0 Å². The topological polar surface area (TPSA) is 30.2 Å². The summed E-state index contributed by atoms with van der Waals surface area (Å²) in [4.78, 5) is 12.0. The Bertz CT molecular complexity index is 825. The molecule has 0 unspecified atom stereocenters. The monoisotopic (exact) mass is 252 g/mol. The van der Waals surface area contributed by atoms with E-state index < -0.39 is 0 Å². The average molecular weight is 252 g/mol. The van der Waals surface area contributed by atoms with Crippen LogP contribution < -0.4 is 5.43 Å². The zero-order chi connectivity index (χ0) is 13.7. The second-order valence-electron chi connectivity index (χ2n) is 5.29. The molecule has 0 fully saturated rings. The molecule has 0 atom stereocenters. The summed E-state index contributed by atoms with van der Waals surface area (Å²) in [5.74, 6) is 0.700. The van der Waals surface area contributed by atoms with Crippen LogP contribution in [0.1, 0.15) is 22.3 Å². The van der Waals surface area contributed by atoms with Crippen molar-refractivity contribution in [3.63, 3.8) is 0 Å². The van der Waals surface area contributed by atoms with Gasteiger partial charge in [-0.05, 0) is 68.7 Å². The van der Waals surface area contributed by atoms with Gasteiger partial charge in [-0.2, -0.15) is 0 Å². The third kappa shape index (κ3) is 1.75. The first kappa shape index (κ1) is 12.0. The summed E-state index contributed by atoms with van der Waals surface area (Å²) in [5.41, 5.74) is 5.80. The van der Waals surface area contributed by atoms with Crippen LogP contribution in [-0.2, 0) is 0 Å². The summed E-state index contributed by atoms with van der Waals surface area (Å²) in [7, 11) is 0. The van der Waals surface area contributed by atoms with Gasteiger partial charge in [0.2, 0.25) is 0 Å². The summed E-state index contributed by atoms with van der Waals surface area (Å²) in [6.07, 6.45) is 0. The van der Waals surface area contributed by atoms with Gasteiger partial charge in [0, 0.05) is 16.5 Å². The summed E-state index contributed by atoms with van der Waals surface area (Å²) in [6.45, 7) is 7.83. The highest BCUT2D eigenvalue weighted by Crippen LogP contribution is 2.31. The van der Waals surface area contributed by atoms with E-state index in [0.29, 0.717) is 11.3 Å². The number of hydrogen-bond donors (Lipinski definition) is 0. The zero-order valence-corrected chi connectivity index (χ0v) is 11.6. The van der Waals surface area contributed by atoms with Gasteiger partial charge in [-0.3, -0.25) is 4.79 Å². The zero-order valence-electron chi connectivity index (χ0n) is 11.6. The Labute approximate surface area is 112 Å². The maximum absolute atomic E-state index is 12.0. The van der Waals surface area contributed by atoms with Gasteiger partial charge in [0.25, 0.3) is 0 Å². The van der Waals surface area contributed by atoms with Gasteiger partial charge in [-0.25, -0.2) is 0 Å². The molecule has 0 spiro atoms. The predicted molar refractivity (Wildman–Crippen MR) is 78.1 cm³/mol. The molecule has 1 heterocycles. The Morgan fingerprint density at radius 2 is 1.53 bits per heavy atom. The Balaban J connectivity index is 2.50. The van der Waals surface area contributed by atoms with Crippen molar-refractivity contribution in [3.05, 3.63) is 56.7 Å². The standard InChI is InChI=1S/C17H16O2/c1-9-5-13-8-14-6-11(3)16(18)12(4)17(14)19-15(13)7-10(9)2/h5-8H,1-4H3. The molecule has 1 aliphatic heterocycles. The number of benzene rings is 2. The number of fused-ring (bicyclic) bond motifs is 2. The van der Waals surface area contributed by atoms with Gasteiger partial charge in [-0.15, -0.1) is 0 Å². The highest BCUT2D eigenvalue weighted by Gasteiger charge is 2.14. The Kier molecular flexibility index (Phi) is 2.49. The van der Waals surface area contributed by atoms with E-state index in [2.05, 4.69) is 26.0 Å². The Morgan fingerprint density at radius 3 is 2.26 bits per heavy atom. The van der Waals surface area contributed by atoms with E-state index in [0.717, 1.165) is 22.1 Å². The quantitative estimate of drug-likeness (QED) is 0.563. The van der Waals surface area contributed by atoms with Crippen LogP contribution in [0.3, 0.4) is 0 Å². The average Bonchev–Trinajstić information content (AvgIpc) is 2.37. The van der Waals surface area contributed by atoms with Crippen molar-refractivity contribution < 1.29 is 4.42 Å². The minimum Gasteiger partial charge on any atom is -0.456 e. The lowest BCUT2D eigenvalue weighted by molar-refractivity contribution is 0.613. The van der Waals surface area contributed by atoms with Gasteiger partial charge < -0.3 is 4.42 Å². The fraction of sp³-hybridized carbons (Fsp3) is 0.235. The number of hydrogen-bond acceptors (Lipinski definition) is 2. The lowest BCUT2D eigenvalue weighted by Crippen LogP contribution is -2.10. The minimum atomic E-state index is 0.0689. The fourth-order valence-corrected chi connectivity index (χ4v) is 2.51. The maximum Gasteiger partial charge on any atom is 0.188 e. The molecule has 0 saturated heterocycles. The molecule has 1 aliphatic carbocycles. The molecule has 2 heteroatoms. The number of aryl methyl sites for hydroxylation is 3. The van der Waals surface area contributed by atoms with E-state index in [1.807, 2.05) is 26.0 Å². The molecule has 3 rings (SSSR count). The highest BCUT2D eigenvalue weighted by atomic mass is 16.3. The summed E-state index contributed by atoms with van der Waals surface area (Å²) in [6, 6.07) is 8.17. The minimum absolute atomic E-state index is 0.0689. The maximum atomic E-state index is 12.0. The molecule has 0 aromatic heterocycles. The van der Waals surface area contributed by atoms with Crippen LogP contribution in [0.15, 0.2) is 33.5 Å². The lowest BCUT2D eigenvalue weighted by atomic mass is 9.99. The first-order chi connectivity index (χ1) is 8.97. The molecule has 2 nitrogen and oxygen atoms in total. The van der Waals surface area contributed by atoms with Crippen LogP contribution >= 0.6 is 0 Å². The van der Waals surface area contributed by atoms with Gasteiger partial charge in [-0.1, -0.05) is 0 Å². The number of rotatable bonds is 0. The Morgan fingerprint density at radius 1 is 0.842 bits per heavy atom. The van der Waals surface area contributed by atoms with E-state index in [1.165, 1.54) is 11.1 Å². The largest absolute Gasteiger partial charge is 0.456 e. The molecular weight excluding hydrogens is 236 g/mol. The van der Waals surface area contributed by atoms with Crippen LogP contribution in [0.25, 0.3) is 22.3 Å². The van der Waals surface area contributed by atoms with Gasteiger partial charge >= 0.3 is 0 Å². The molecule has 0 N–H and O–H groups in total. The summed E-state index contributed by atoms with van der Waals surface area (Å²) in [5, 5.41) is 1.08. The molecular formula is C17H16O2. The molecule has 2 aliphatic rings. The molecule has 19 heavy (non-hydrogen) atoms. The molecule has 1 aromatic rings. The third-order valence-corrected chi connectivity index (χ3v) is 3.82. The van der Waals surface area contributed by atoms with E-state index in [-0.39, 0.29) is 5.43 Å². The van der Waals surface area contributed by atoms with Gasteiger partial charge in [0.05, 0.1) is 0 Å².